The van der Waals surface area contributed by atoms with Gasteiger partial charge in [-0.2, -0.15) is 0 Å². The lowest BCUT2D eigenvalue weighted by Crippen LogP contribution is -2.34. The Bertz CT molecular complexity index is 482. The molecule has 0 unspecified atom stereocenters. The smallest absolute Gasteiger partial charge is 0.314 e. The van der Waals surface area contributed by atoms with E-state index < -0.39 is 40.1 Å². The van der Waals surface area contributed by atoms with Crippen LogP contribution in [0.2, 0.25) is 0 Å². The van der Waals surface area contributed by atoms with Gasteiger partial charge < -0.3 is 10.2 Å². The highest BCUT2D eigenvalue weighted by Gasteiger charge is 2.47. The summed E-state index contributed by atoms with van der Waals surface area (Å²) in [5, 5.41) is 18.8. The summed E-state index contributed by atoms with van der Waals surface area (Å²) in [6.07, 6.45) is 1.11. The van der Waals surface area contributed by atoms with Gasteiger partial charge in [-0.3, -0.25) is 4.79 Å². The minimum Gasteiger partial charge on any atom is -0.505 e. The second-order valence-corrected chi connectivity index (χ2v) is 4.47. The molecule has 1 aliphatic carbocycles. The molecule has 0 radical (unpaired) electrons. The van der Waals surface area contributed by atoms with E-state index in [1.165, 1.54) is 0 Å². The van der Waals surface area contributed by atoms with Gasteiger partial charge in [-0.25, -0.2) is 13.2 Å². The summed E-state index contributed by atoms with van der Waals surface area (Å²) in [5.74, 6) is -6.82. The van der Waals surface area contributed by atoms with Crippen molar-refractivity contribution in [2.75, 3.05) is 0 Å². The third-order valence-corrected chi connectivity index (χ3v) is 3.49. The van der Waals surface area contributed by atoms with Crippen LogP contribution in [0.4, 0.5) is 13.2 Å². The molecule has 3 nitrogen and oxygen atoms in total. The number of rotatable bonds is 2. The second-order valence-electron chi connectivity index (χ2n) is 4.47. The maximum absolute atomic E-state index is 13.7. The third kappa shape index (κ3) is 1.63. The summed E-state index contributed by atoms with van der Waals surface area (Å²) in [5.41, 5.74) is -2.51. The van der Waals surface area contributed by atoms with Crippen molar-refractivity contribution >= 4 is 5.97 Å². The van der Waals surface area contributed by atoms with Crippen molar-refractivity contribution in [1.29, 1.82) is 0 Å². The van der Waals surface area contributed by atoms with Crippen LogP contribution in [0.5, 0.6) is 5.75 Å². The maximum atomic E-state index is 13.7. The van der Waals surface area contributed by atoms with E-state index >= 15 is 0 Å². The number of aromatic hydroxyl groups is 1. The Morgan fingerprint density at radius 1 is 1.17 bits per heavy atom. The Balaban J connectivity index is 2.73. The highest BCUT2D eigenvalue weighted by Crippen LogP contribution is 2.47. The lowest BCUT2D eigenvalue weighted by atomic mass is 9.78. The van der Waals surface area contributed by atoms with Gasteiger partial charge in [0, 0.05) is 6.07 Å². The quantitative estimate of drug-likeness (QED) is 0.804. The molecule has 2 N–H and O–H groups in total. The molecule has 0 aliphatic heterocycles. The van der Waals surface area contributed by atoms with Gasteiger partial charge in [0.05, 0.1) is 11.0 Å². The average Bonchev–Trinajstić information content (AvgIpc) is 2.77. The molecular weight excluding hydrogens is 249 g/mol. The summed E-state index contributed by atoms with van der Waals surface area (Å²) in [6.45, 7) is 0. The summed E-state index contributed by atoms with van der Waals surface area (Å²) in [7, 11) is 0. The molecule has 0 bridgehead atoms. The van der Waals surface area contributed by atoms with Crippen molar-refractivity contribution in [3.8, 4) is 5.75 Å². The lowest BCUT2D eigenvalue weighted by molar-refractivity contribution is -0.143. The summed E-state index contributed by atoms with van der Waals surface area (Å²) < 4.78 is 40.2. The van der Waals surface area contributed by atoms with Gasteiger partial charge in [0.2, 0.25) is 0 Å². The zero-order valence-electron chi connectivity index (χ0n) is 9.34. The number of halogens is 3. The van der Waals surface area contributed by atoms with Gasteiger partial charge in [-0.05, 0) is 12.8 Å². The van der Waals surface area contributed by atoms with Crippen LogP contribution in [-0.4, -0.2) is 16.2 Å². The first kappa shape index (κ1) is 12.7. The van der Waals surface area contributed by atoms with Gasteiger partial charge >= 0.3 is 5.97 Å². The number of benzene rings is 1. The van der Waals surface area contributed by atoms with E-state index in [0.717, 1.165) is 0 Å². The minimum atomic E-state index is -1.74. The molecule has 1 aromatic rings. The largest absolute Gasteiger partial charge is 0.505 e. The van der Waals surface area contributed by atoms with Crippen molar-refractivity contribution in [3.63, 3.8) is 0 Å². The monoisotopic (exact) mass is 260 g/mol. The number of carboxylic acid groups (broad SMARTS) is 1. The van der Waals surface area contributed by atoms with Crippen LogP contribution in [0.15, 0.2) is 6.07 Å². The van der Waals surface area contributed by atoms with Crippen molar-refractivity contribution in [2.24, 2.45) is 0 Å². The summed E-state index contributed by atoms with van der Waals surface area (Å²) in [4.78, 5) is 11.3. The highest BCUT2D eigenvalue weighted by atomic mass is 19.2. The summed E-state index contributed by atoms with van der Waals surface area (Å²) in [6, 6.07) is 0.207. The number of carboxylic acids is 1. The second kappa shape index (κ2) is 4.19. The van der Waals surface area contributed by atoms with E-state index in [2.05, 4.69) is 0 Å². The van der Waals surface area contributed by atoms with Crippen LogP contribution >= 0.6 is 0 Å². The average molecular weight is 260 g/mol. The Morgan fingerprint density at radius 2 is 1.72 bits per heavy atom. The molecule has 0 spiro atoms. The first-order valence-electron chi connectivity index (χ1n) is 5.50. The fraction of sp³-hybridized carbons (Fsp3) is 0.417. The zero-order valence-corrected chi connectivity index (χ0v) is 9.34. The van der Waals surface area contributed by atoms with Crippen LogP contribution in [-0.2, 0) is 10.2 Å². The SMILES string of the molecule is O=C(O)C1(c2c(O)c(F)cc(F)c2F)CCCC1. The molecule has 0 saturated heterocycles. The van der Waals surface area contributed by atoms with Crippen LogP contribution < -0.4 is 0 Å². The fourth-order valence-corrected chi connectivity index (χ4v) is 2.57. The molecule has 1 fully saturated rings. The standard InChI is InChI=1S/C12H11F3O3/c13-6-5-7(14)10(16)8(9(6)15)12(11(17)18)3-1-2-4-12/h5,16H,1-4H2,(H,17,18). The van der Waals surface area contributed by atoms with Crippen molar-refractivity contribution < 1.29 is 28.2 Å². The van der Waals surface area contributed by atoms with Crippen molar-refractivity contribution in [2.45, 2.75) is 31.1 Å². The van der Waals surface area contributed by atoms with E-state index in [4.69, 9.17) is 0 Å². The van der Waals surface area contributed by atoms with Gasteiger partial charge in [-0.15, -0.1) is 0 Å². The third-order valence-electron chi connectivity index (χ3n) is 3.49. The number of aliphatic carboxylic acids is 1. The van der Waals surface area contributed by atoms with E-state index in [0.29, 0.717) is 12.8 Å². The lowest BCUT2D eigenvalue weighted by Gasteiger charge is -2.25. The van der Waals surface area contributed by atoms with Crippen LogP contribution in [0, 0.1) is 17.5 Å². The van der Waals surface area contributed by atoms with E-state index in [1.807, 2.05) is 0 Å². The number of hydrogen-bond acceptors (Lipinski definition) is 2. The normalized spacial score (nSPS) is 17.9. The molecule has 0 heterocycles. The predicted molar refractivity (Wildman–Crippen MR) is 55.8 cm³/mol. The van der Waals surface area contributed by atoms with Crippen LogP contribution in [0.3, 0.4) is 0 Å². The molecule has 0 atom stereocenters. The van der Waals surface area contributed by atoms with Crippen molar-refractivity contribution in [1.82, 2.24) is 0 Å². The number of hydrogen-bond donors (Lipinski definition) is 2. The Hall–Kier alpha value is -1.72. The van der Waals surface area contributed by atoms with Gasteiger partial charge in [-0.1, -0.05) is 12.8 Å². The molecule has 1 aliphatic rings. The summed E-state index contributed by atoms with van der Waals surface area (Å²) >= 11 is 0. The van der Waals surface area contributed by atoms with Crippen molar-refractivity contribution in [3.05, 3.63) is 29.1 Å². The maximum Gasteiger partial charge on any atom is 0.314 e. The first-order chi connectivity index (χ1) is 8.40. The molecule has 2 rings (SSSR count). The zero-order chi connectivity index (χ0) is 13.5. The topological polar surface area (TPSA) is 57.5 Å². The first-order valence-corrected chi connectivity index (χ1v) is 5.50. The van der Waals surface area contributed by atoms with E-state index in [-0.39, 0.29) is 18.9 Å². The Labute approximate surface area is 101 Å². The number of phenols is 1. The number of phenolic OH excluding ortho intramolecular Hbond substituents is 1. The van der Waals surface area contributed by atoms with Crippen LogP contribution in [0.25, 0.3) is 0 Å². The highest BCUT2D eigenvalue weighted by molar-refractivity contribution is 5.83. The molecule has 6 heteroatoms. The molecule has 1 saturated carbocycles. The molecule has 18 heavy (non-hydrogen) atoms. The molecule has 0 amide bonds. The molecule has 0 aromatic heterocycles. The van der Waals surface area contributed by atoms with Crippen LogP contribution in [0.1, 0.15) is 31.2 Å². The number of carbonyl (C=O) groups is 1. The Morgan fingerprint density at radius 3 is 2.22 bits per heavy atom. The van der Waals surface area contributed by atoms with Gasteiger partial charge in [0.1, 0.15) is 0 Å². The van der Waals surface area contributed by atoms with E-state index in [9.17, 15) is 28.2 Å². The Kier molecular flexibility index (Phi) is 2.96. The fourth-order valence-electron chi connectivity index (χ4n) is 2.57. The predicted octanol–water partition coefficient (Wildman–Crippen LogP) is 2.71. The van der Waals surface area contributed by atoms with Gasteiger partial charge in [0.25, 0.3) is 0 Å². The van der Waals surface area contributed by atoms with Gasteiger partial charge in [0.15, 0.2) is 23.2 Å². The van der Waals surface area contributed by atoms with E-state index in [1.54, 1.807) is 0 Å². The molecular formula is C12H11F3O3. The minimum absolute atomic E-state index is 0.0513. The molecule has 98 valence electrons. The molecule has 1 aromatic carbocycles.